The van der Waals surface area contributed by atoms with E-state index >= 15 is 0 Å². The number of oxime groups is 1. The van der Waals surface area contributed by atoms with Gasteiger partial charge in [-0.2, -0.15) is 13.2 Å². The van der Waals surface area contributed by atoms with Crippen molar-refractivity contribution in [1.29, 1.82) is 0 Å². The number of alkyl halides is 3. The average molecular weight is 304 g/mol. The van der Waals surface area contributed by atoms with Crippen LogP contribution in [0.2, 0.25) is 0 Å². The van der Waals surface area contributed by atoms with Gasteiger partial charge < -0.3 is 15.8 Å². The average Bonchev–Trinajstić information content (AvgIpc) is 2.45. The van der Waals surface area contributed by atoms with Crippen LogP contribution in [-0.2, 0) is 6.18 Å². The molecule has 0 unspecified atom stereocenters. The highest BCUT2D eigenvalue weighted by Gasteiger charge is 2.33. The molecule has 1 aromatic rings. The third kappa shape index (κ3) is 4.51. The maximum Gasteiger partial charge on any atom is 0.433 e. The molecule has 0 amide bonds. The summed E-state index contributed by atoms with van der Waals surface area (Å²) in [6.07, 6.45) is -1.76. The number of hydrogen-bond donors (Lipinski definition) is 2. The van der Waals surface area contributed by atoms with E-state index in [2.05, 4.69) is 10.1 Å². The van der Waals surface area contributed by atoms with Crippen molar-refractivity contribution in [2.45, 2.75) is 32.4 Å². The number of nitrogens with two attached hydrogens (primary N) is 1. The molecule has 21 heavy (non-hydrogen) atoms. The Morgan fingerprint density at radius 2 is 2.05 bits per heavy atom. The molecule has 0 aromatic carbocycles. The number of anilines is 1. The minimum Gasteiger partial charge on any atom is -0.409 e. The van der Waals surface area contributed by atoms with Gasteiger partial charge in [-0.25, -0.2) is 4.98 Å². The zero-order valence-electron chi connectivity index (χ0n) is 12.0. The van der Waals surface area contributed by atoms with E-state index in [0.717, 1.165) is 31.4 Å². The van der Waals surface area contributed by atoms with Crippen molar-refractivity contribution in [3.63, 3.8) is 0 Å². The number of rotatable bonds is 6. The highest BCUT2D eigenvalue weighted by atomic mass is 19.4. The molecule has 1 aromatic heterocycles. The Morgan fingerprint density at radius 1 is 1.38 bits per heavy atom. The van der Waals surface area contributed by atoms with Crippen molar-refractivity contribution in [1.82, 2.24) is 4.98 Å². The van der Waals surface area contributed by atoms with Crippen LogP contribution >= 0.6 is 0 Å². The Kier molecular flexibility index (Phi) is 5.80. The maximum atomic E-state index is 12.8. The molecule has 0 aliphatic heterocycles. The summed E-state index contributed by atoms with van der Waals surface area (Å²) in [5.41, 5.74) is 4.66. The lowest BCUT2D eigenvalue weighted by atomic mass is 10.2. The van der Waals surface area contributed by atoms with Crippen LogP contribution in [0.4, 0.5) is 19.0 Å². The van der Waals surface area contributed by atoms with Crippen LogP contribution < -0.4 is 10.6 Å². The summed E-state index contributed by atoms with van der Waals surface area (Å²) in [5, 5.41) is 11.6. The Hall–Kier alpha value is -1.99. The smallest absolute Gasteiger partial charge is 0.409 e. The number of unbranched alkanes of at least 4 members (excludes halogenated alkanes) is 2. The predicted octanol–water partition coefficient (Wildman–Crippen LogP) is 2.82. The van der Waals surface area contributed by atoms with E-state index in [1.165, 1.54) is 0 Å². The predicted molar refractivity (Wildman–Crippen MR) is 74.5 cm³/mol. The van der Waals surface area contributed by atoms with Crippen LogP contribution in [-0.4, -0.2) is 29.6 Å². The highest BCUT2D eigenvalue weighted by Crippen LogP contribution is 2.30. The molecule has 1 heterocycles. The molecule has 0 saturated heterocycles. The van der Waals surface area contributed by atoms with Crippen molar-refractivity contribution < 1.29 is 18.4 Å². The fourth-order valence-electron chi connectivity index (χ4n) is 1.86. The van der Waals surface area contributed by atoms with Crippen molar-refractivity contribution in [2.75, 3.05) is 18.5 Å². The summed E-state index contributed by atoms with van der Waals surface area (Å²) in [5.74, 6) is -0.218. The van der Waals surface area contributed by atoms with E-state index in [1.807, 2.05) is 6.92 Å². The Balaban J connectivity index is 3.16. The molecular formula is C13H19F3N4O. The third-order valence-corrected chi connectivity index (χ3v) is 3.01. The molecule has 0 saturated carbocycles. The summed E-state index contributed by atoms with van der Waals surface area (Å²) >= 11 is 0. The van der Waals surface area contributed by atoms with Crippen LogP contribution in [0.15, 0.2) is 17.3 Å². The highest BCUT2D eigenvalue weighted by molar-refractivity contribution is 6.01. The van der Waals surface area contributed by atoms with Crippen LogP contribution in [0.3, 0.4) is 0 Å². The van der Waals surface area contributed by atoms with E-state index in [-0.39, 0.29) is 17.2 Å². The number of nitrogens with zero attached hydrogens (tertiary/aromatic N) is 3. The largest absolute Gasteiger partial charge is 0.433 e. The Morgan fingerprint density at radius 3 is 2.57 bits per heavy atom. The number of halogens is 3. The molecule has 5 nitrogen and oxygen atoms in total. The van der Waals surface area contributed by atoms with Crippen molar-refractivity contribution in [3.05, 3.63) is 23.4 Å². The molecule has 8 heteroatoms. The lowest BCUT2D eigenvalue weighted by Crippen LogP contribution is -2.26. The van der Waals surface area contributed by atoms with Crippen LogP contribution in [0.1, 0.15) is 37.4 Å². The number of pyridine rings is 1. The van der Waals surface area contributed by atoms with Crippen molar-refractivity contribution in [2.24, 2.45) is 10.9 Å². The number of aromatic nitrogens is 1. The van der Waals surface area contributed by atoms with Crippen LogP contribution in [0, 0.1) is 0 Å². The standard InChI is InChI=1S/C13H19F3N4O/c1-3-4-5-8-20(2)12-9(11(17)19-21)6-7-10(18-12)13(14,15)16/h6-7,21H,3-5,8H2,1-2H3,(H2,17,19). The van der Waals surface area contributed by atoms with Crippen LogP contribution in [0.25, 0.3) is 0 Å². The Labute approximate surface area is 121 Å². The minimum atomic E-state index is -4.54. The van der Waals surface area contributed by atoms with Crippen molar-refractivity contribution >= 4 is 11.7 Å². The van der Waals surface area contributed by atoms with E-state index in [9.17, 15) is 13.2 Å². The van der Waals surface area contributed by atoms with Gasteiger partial charge in [0.2, 0.25) is 0 Å². The fourth-order valence-corrected chi connectivity index (χ4v) is 1.86. The summed E-state index contributed by atoms with van der Waals surface area (Å²) in [4.78, 5) is 5.20. The molecule has 1 rings (SSSR count). The summed E-state index contributed by atoms with van der Waals surface area (Å²) in [6, 6.07) is 1.98. The first-order chi connectivity index (χ1) is 9.81. The molecule has 118 valence electrons. The number of amidine groups is 1. The fraction of sp³-hybridized carbons (Fsp3) is 0.538. The molecule has 0 atom stereocenters. The van der Waals surface area contributed by atoms with Gasteiger partial charge in [-0.15, -0.1) is 0 Å². The van der Waals surface area contributed by atoms with Gasteiger partial charge in [0.05, 0.1) is 5.56 Å². The third-order valence-electron chi connectivity index (χ3n) is 3.01. The molecule has 0 aliphatic rings. The zero-order chi connectivity index (χ0) is 16.0. The maximum absolute atomic E-state index is 12.8. The van der Waals surface area contributed by atoms with Gasteiger partial charge in [0.1, 0.15) is 11.5 Å². The van der Waals surface area contributed by atoms with Gasteiger partial charge in [0, 0.05) is 13.6 Å². The van der Waals surface area contributed by atoms with E-state index in [0.29, 0.717) is 6.54 Å². The second kappa shape index (κ2) is 7.14. The van der Waals surface area contributed by atoms with Gasteiger partial charge in [0.25, 0.3) is 0 Å². The molecule has 0 spiro atoms. The SMILES string of the molecule is CCCCCN(C)c1nc(C(F)(F)F)ccc1C(N)=NO. The topological polar surface area (TPSA) is 74.7 Å². The van der Waals surface area contributed by atoms with Gasteiger partial charge in [-0.3, -0.25) is 0 Å². The molecule has 0 bridgehead atoms. The lowest BCUT2D eigenvalue weighted by molar-refractivity contribution is -0.141. The number of hydrogen-bond acceptors (Lipinski definition) is 4. The first-order valence-corrected chi connectivity index (χ1v) is 6.58. The minimum absolute atomic E-state index is 0.0521. The first-order valence-electron chi connectivity index (χ1n) is 6.58. The van der Waals surface area contributed by atoms with E-state index in [4.69, 9.17) is 10.9 Å². The quantitative estimate of drug-likeness (QED) is 0.279. The van der Waals surface area contributed by atoms with Gasteiger partial charge >= 0.3 is 6.18 Å². The Bertz CT molecular complexity index is 503. The summed E-state index contributed by atoms with van der Waals surface area (Å²) < 4.78 is 38.3. The molecule has 3 N–H and O–H groups in total. The van der Waals surface area contributed by atoms with E-state index < -0.39 is 11.9 Å². The van der Waals surface area contributed by atoms with Gasteiger partial charge in [-0.05, 0) is 18.6 Å². The van der Waals surface area contributed by atoms with Crippen LogP contribution in [0.5, 0.6) is 0 Å². The van der Waals surface area contributed by atoms with Gasteiger partial charge in [0.15, 0.2) is 5.84 Å². The monoisotopic (exact) mass is 304 g/mol. The summed E-state index contributed by atoms with van der Waals surface area (Å²) in [6.45, 7) is 2.57. The first kappa shape index (κ1) is 17.1. The normalized spacial score (nSPS) is 12.5. The second-order valence-electron chi connectivity index (χ2n) is 4.68. The van der Waals surface area contributed by atoms with Gasteiger partial charge in [-0.1, -0.05) is 24.9 Å². The zero-order valence-corrected chi connectivity index (χ0v) is 12.0. The van der Waals surface area contributed by atoms with E-state index in [1.54, 1.807) is 11.9 Å². The van der Waals surface area contributed by atoms with Crippen molar-refractivity contribution in [3.8, 4) is 0 Å². The second-order valence-corrected chi connectivity index (χ2v) is 4.68. The lowest BCUT2D eigenvalue weighted by Gasteiger charge is -2.22. The molecule has 0 fully saturated rings. The molecule has 0 radical (unpaired) electrons. The molecule has 0 aliphatic carbocycles. The summed E-state index contributed by atoms with van der Waals surface area (Å²) in [7, 11) is 1.63. The molecular weight excluding hydrogens is 285 g/mol.